The molecule has 1 fully saturated rings. The number of aromatic nitrogens is 3. The number of hydrogen-bond acceptors (Lipinski definition) is 4. The lowest BCUT2D eigenvalue weighted by Gasteiger charge is -2.21. The van der Waals surface area contributed by atoms with Gasteiger partial charge in [-0.05, 0) is 31.0 Å². The highest BCUT2D eigenvalue weighted by Crippen LogP contribution is 2.20. The zero-order chi connectivity index (χ0) is 14.7. The van der Waals surface area contributed by atoms with Crippen molar-refractivity contribution in [1.82, 2.24) is 15.0 Å². The second-order valence-electron chi connectivity index (χ2n) is 5.45. The highest BCUT2D eigenvalue weighted by atomic mass is 16.5. The molecule has 1 N–H and O–H groups in total. The number of nitrogens with zero attached hydrogens (tertiary/aromatic N) is 3. The molecule has 1 aromatic heterocycles. The quantitative estimate of drug-likeness (QED) is 0.915. The van der Waals surface area contributed by atoms with Crippen molar-refractivity contribution in [3.8, 4) is 0 Å². The van der Waals surface area contributed by atoms with Crippen LogP contribution in [0.15, 0.2) is 18.2 Å². The molecule has 0 amide bonds. The number of carboxylic acids is 1. The second-order valence-corrected chi connectivity index (χ2v) is 5.45. The van der Waals surface area contributed by atoms with Crippen LogP contribution in [-0.2, 0) is 11.3 Å². The van der Waals surface area contributed by atoms with Gasteiger partial charge in [-0.25, -0.2) is 9.48 Å². The van der Waals surface area contributed by atoms with Crippen LogP contribution < -0.4 is 0 Å². The molecule has 0 saturated heterocycles. The van der Waals surface area contributed by atoms with Gasteiger partial charge in [0, 0.05) is 0 Å². The maximum Gasteiger partial charge on any atom is 0.335 e. The van der Waals surface area contributed by atoms with Gasteiger partial charge < -0.3 is 9.84 Å². The van der Waals surface area contributed by atoms with Crippen molar-refractivity contribution in [3.05, 3.63) is 23.8 Å². The number of aromatic carboxylic acids is 1. The van der Waals surface area contributed by atoms with E-state index in [1.807, 2.05) is 0 Å². The predicted octanol–water partition coefficient (Wildman–Crippen LogP) is 2.48. The Morgan fingerprint density at radius 2 is 2.14 bits per heavy atom. The molecule has 0 atom stereocenters. The minimum Gasteiger partial charge on any atom is -0.478 e. The van der Waals surface area contributed by atoms with Gasteiger partial charge in [-0.15, -0.1) is 5.10 Å². The number of hydrogen-bond donors (Lipinski definition) is 1. The smallest absolute Gasteiger partial charge is 0.335 e. The normalized spacial score (nSPS) is 16.4. The monoisotopic (exact) mass is 289 g/mol. The molecule has 0 spiro atoms. The standard InChI is InChI=1S/C15H19N3O3/c19-15(20)11-6-7-14-13(10-11)16-17-18(14)8-9-21-12-4-2-1-3-5-12/h6-7,10,12H,1-5,8-9H2,(H,19,20). The van der Waals surface area contributed by atoms with Crippen LogP contribution in [0.3, 0.4) is 0 Å². The molecule has 1 aliphatic carbocycles. The van der Waals surface area contributed by atoms with E-state index in [2.05, 4.69) is 10.3 Å². The molecule has 0 aliphatic heterocycles. The lowest BCUT2D eigenvalue weighted by Crippen LogP contribution is -2.19. The highest BCUT2D eigenvalue weighted by molar-refractivity contribution is 5.92. The van der Waals surface area contributed by atoms with Gasteiger partial charge in [0.05, 0.1) is 30.3 Å². The third-order valence-corrected chi connectivity index (χ3v) is 3.97. The van der Waals surface area contributed by atoms with E-state index in [4.69, 9.17) is 9.84 Å². The van der Waals surface area contributed by atoms with Crippen molar-refractivity contribution in [3.63, 3.8) is 0 Å². The fourth-order valence-electron chi connectivity index (χ4n) is 2.81. The van der Waals surface area contributed by atoms with E-state index in [-0.39, 0.29) is 5.56 Å². The Morgan fingerprint density at radius 3 is 2.90 bits per heavy atom. The Balaban J connectivity index is 1.63. The predicted molar refractivity (Wildman–Crippen MR) is 77.3 cm³/mol. The molecule has 2 aromatic rings. The number of benzene rings is 1. The van der Waals surface area contributed by atoms with Crippen LogP contribution in [0.4, 0.5) is 0 Å². The molecule has 1 heterocycles. The third kappa shape index (κ3) is 3.21. The maximum absolute atomic E-state index is 10.9. The van der Waals surface area contributed by atoms with Gasteiger partial charge in [-0.1, -0.05) is 24.5 Å². The lowest BCUT2D eigenvalue weighted by atomic mass is 9.98. The van der Waals surface area contributed by atoms with Crippen molar-refractivity contribution < 1.29 is 14.6 Å². The first-order valence-corrected chi connectivity index (χ1v) is 7.42. The average Bonchev–Trinajstić information content (AvgIpc) is 2.91. The Bertz CT molecular complexity index is 632. The summed E-state index contributed by atoms with van der Waals surface area (Å²) >= 11 is 0. The van der Waals surface area contributed by atoms with Gasteiger partial charge >= 0.3 is 5.97 Å². The van der Waals surface area contributed by atoms with Gasteiger partial charge in [-0.3, -0.25) is 0 Å². The van der Waals surface area contributed by atoms with Crippen molar-refractivity contribution >= 4 is 17.0 Å². The van der Waals surface area contributed by atoms with Crippen molar-refractivity contribution in [2.75, 3.05) is 6.61 Å². The minimum absolute atomic E-state index is 0.230. The third-order valence-electron chi connectivity index (χ3n) is 3.97. The van der Waals surface area contributed by atoms with Crippen LogP contribution in [0.25, 0.3) is 11.0 Å². The van der Waals surface area contributed by atoms with Crippen LogP contribution in [0.2, 0.25) is 0 Å². The summed E-state index contributed by atoms with van der Waals surface area (Å²) in [5.41, 5.74) is 1.67. The molecular weight excluding hydrogens is 270 g/mol. The molecule has 1 aliphatic rings. The van der Waals surface area contributed by atoms with E-state index in [9.17, 15) is 4.79 Å². The topological polar surface area (TPSA) is 77.2 Å². The largest absolute Gasteiger partial charge is 0.478 e. The Labute approximate surface area is 122 Å². The Morgan fingerprint density at radius 1 is 1.33 bits per heavy atom. The summed E-state index contributed by atoms with van der Waals surface area (Å²) in [7, 11) is 0. The number of ether oxygens (including phenoxy) is 1. The summed E-state index contributed by atoms with van der Waals surface area (Å²) in [6.07, 6.45) is 6.52. The van der Waals surface area contributed by atoms with Crippen LogP contribution in [0.1, 0.15) is 42.5 Å². The number of rotatable bonds is 5. The zero-order valence-corrected chi connectivity index (χ0v) is 11.9. The lowest BCUT2D eigenvalue weighted by molar-refractivity contribution is 0.0231. The van der Waals surface area contributed by atoms with E-state index >= 15 is 0 Å². The molecule has 1 saturated carbocycles. The van der Waals surface area contributed by atoms with E-state index in [1.54, 1.807) is 22.9 Å². The molecule has 1 aromatic carbocycles. The SMILES string of the molecule is O=C(O)c1ccc2c(c1)nnn2CCOC1CCCCC1. The first kappa shape index (κ1) is 14.0. The molecule has 112 valence electrons. The Kier molecular flexibility index (Phi) is 4.15. The van der Waals surface area contributed by atoms with Crippen LogP contribution in [0.5, 0.6) is 0 Å². The van der Waals surface area contributed by atoms with Gasteiger partial charge in [0.25, 0.3) is 0 Å². The molecular formula is C15H19N3O3. The van der Waals surface area contributed by atoms with Crippen molar-refractivity contribution in [1.29, 1.82) is 0 Å². The zero-order valence-electron chi connectivity index (χ0n) is 11.9. The van der Waals surface area contributed by atoms with E-state index < -0.39 is 5.97 Å². The van der Waals surface area contributed by atoms with E-state index in [0.717, 1.165) is 18.4 Å². The van der Waals surface area contributed by atoms with Crippen LogP contribution >= 0.6 is 0 Å². The summed E-state index contributed by atoms with van der Waals surface area (Å²) < 4.78 is 7.65. The first-order chi connectivity index (χ1) is 10.2. The summed E-state index contributed by atoms with van der Waals surface area (Å²) in [6, 6.07) is 4.87. The van der Waals surface area contributed by atoms with Crippen molar-refractivity contribution in [2.24, 2.45) is 0 Å². The van der Waals surface area contributed by atoms with E-state index in [1.165, 1.54) is 19.3 Å². The average molecular weight is 289 g/mol. The summed E-state index contributed by atoms with van der Waals surface area (Å²) in [4.78, 5) is 10.9. The summed E-state index contributed by atoms with van der Waals surface area (Å²) in [5.74, 6) is -0.952. The fourth-order valence-corrected chi connectivity index (χ4v) is 2.81. The van der Waals surface area contributed by atoms with Crippen molar-refractivity contribution in [2.45, 2.75) is 44.8 Å². The molecule has 0 bridgehead atoms. The highest BCUT2D eigenvalue weighted by Gasteiger charge is 2.14. The summed E-state index contributed by atoms with van der Waals surface area (Å²) in [5, 5.41) is 17.1. The van der Waals surface area contributed by atoms with Gasteiger partial charge in [0.15, 0.2) is 0 Å². The van der Waals surface area contributed by atoms with E-state index in [0.29, 0.717) is 24.8 Å². The maximum atomic E-state index is 10.9. The number of carbonyl (C=O) groups is 1. The van der Waals surface area contributed by atoms with Crippen LogP contribution in [-0.4, -0.2) is 38.8 Å². The van der Waals surface area contributed by atoms with Gasteiger partial charge in [-0.2, -0.15) is 0 Å². The molecule has 3 rings (SSSR count). The molecule has 6 nitrogen and oxygen atoms in total. The molecule has 0 unspecified atom stereocenters. The first-order valence-electron chi connectivity index (χ1n) is 7.42. The van der Waals surface area contributed by atoms with Crippen LogP contribution in [0, 0.1) is 0 Å². The molecule has 6 heteroatoms. The molecule has 21 heavy (non-hydrogen) atoms. The Hall–Kier alpha value is -1.95. The minimum atomic E-state index is -0.952. The number of carboxylic acid groups (broad SMARTS) is 1. The number of fused-ring (bicyclic) bond motifs is 1. The summed E-state index contributed by atoms with van der Waals surface area (Å²) in [6.45, 7) is 1.25. The fraction of sp³-hybridized carbons (Fsp3) is 0.533. The van der Waals surface area contributed by atoms with Gasteiger partial charge in [0.1, 0.15) is 5.52 Å². The van der Waals surface area contributed by atoms with Gasteiger partial charge in [0.2, 0.25) is 0 Å². The molecule has 0 radical (unpaired) electrons. The second kappa shape index (κ2) is 6.22.